The predicted molar refractivity (Wildman–Crippen MR) is 91.8 cm³/mol. The summed E-state index contributed by atoms with van der Waals surface area (Å²) in [6.45, 7) is 7.18. The van der Waals surface area contributed by atoms with Gasteiger partial charge in [-0.2, -0.15) is 0 Å². The molecular formula is C18H28N2S. The second kappa shape index (κ2) is 7.17. The highest BCUT2D eigenvalue weighted by molar-refractivity contribution is 7.98. The Morgan fingerprint density at radius 2 is 2.10 bits per heavy atom. The lowest BCUT2D eigenvalue weighted by molar-refractivity contribution is 0.000333. The van der Waals surface area contributed by atoms with Crippen molar-refractivity contribution in [1.82, 2.24) is 10.2 Å². The zero-order valence-corrected chi connectivity index (χ0v) is 14.2. The quantitative estimate of drug-likeness (QED) is 0.808. The number of benzene rings is 1. The zero-order chi connectivity index (χ0) is 14.7. The van der Waals surface area contributed by atoms with Gasteiger partial charge in [0.05, 0.1) is 0 Å². The number of hydrogen-bond acceptors (Lipinski definition) is 3. The molecule has 2 nitrogen and oxygen atoms in total. The molecule has 21 heavy (non-hydrogen) atoms. The summed E-state index contributed by atoms with van der Waals surface area (Å²) in [6, 6.07) is 9.72. The average Bonchev–Trinajstić information content (AvgIpc) is 2.56. The van der Waals surface area contributed by atoms with E-state index in [1.165, 1.54) is 42.8 Å². The average molecular weight is 305 g/mol. The molecule has 0 saturated carbocycles. The van der Waals surface area contributed by atoms with Gasteiger partial charge in [0.1, 0.15) is 0 Å². The summed E-state index contributed by atoms with van der Waals surface area (Å²) in [5.41, 5.74) is 1.40. The molecule has 2 bridgehead atoms. The molecule has 0 spiro atoms. The van der Waals surface area contributed by atoms with Crippen molar-refractivity contribution < 1.29 is 0 Å². The van der Waals surface area contributed by atoms with Gasteiger partial charge in [0.15, 0.2) is 0 Å². The lowest BCUT2D eigenvalue weighted by atomic mass is 9.74. The summed E-state index contributed by atoms with van der Waals surface area (Å²) >= 11 is 1.81. The number of fused-ring (bicyclic) bond motifs is 3. The van der Waals surface area contributed by atoms with Crippen LogP contribution in [0.4, 0.5) is 0 Å². The van der Waals surface area contributed by atoms with Gasteiger partial charge >= 0.3 is 0 Å². The van der Waals surface area contributed by atoms with Gasteiger partial charge in [-0.3, -0.25) is 4.90 Å². The number of thioether (sulfide) groups is 1. The normalized spacial score (nSPS) is 31.5. The van der Waals surface area contributed by atoms with Crippen LogP contribution in [-0.4, -0.2) is 36.8 Å². The summed E-state index contributed by atoms with van der Waals surface area (Å²) < 4.78 is 0. The van der Waals surface area contributed by atoms with Crippen LogP contribution in [0.1, 0.15) is 31.7 Å². The highest BCUT2D eigenvalue weighted by atomic mass is 32.2. The van der Waals surface area contributed by atoms with Gasteiger partial charge in [-0.05, 0) is 55.2 Å². The van der Waals surface area contributed by atoms with E-state index in [4.69, 9.17) is 0 Å². The van der Waals surface area contributed by atoms with Crippen LogP contribution in [0.2, 0.25) is 0 Å². The fourth-order valence-corrected chi connectivity index (χ4v) is 4.46. The number of nitrogens with one attached hydrogen (secondary N) is 1. The summed E-state index contributed by atoms with van der Waals surface area (Å²) in [5.74, 6) is 1.96. The first-order valence-electron chi connectivity index (χ1n) is 8.37. The minimum Gasteiger partial charge on any atom is -0.311 e. The topological polar surface area (TPSA) is 15.3 Å². The van der Waals surface area contributed by atoms with Crippen LogP contribution in [0.15, 0.2) is 29.2 Å². The van der Waals surface area contributed by atoms with Crippen molar-refractivity contribution in [3.63, 3.8) is 0 Å². The number of piperidine rings is 3. The standard InChI is InChI=1S/C18H28N2S/c1-3-15-13-20-9-8-16(15)10-17(20)12-19-11-14-4-6-18(21-2)7-5-14/h4-7,15-17,19H,3,8-13H2,1-2H3/t15-,16-,17+/m0/s1. The van der Waals surface area contributed by atoms with Crippen molar-refractivity contribution in [1.29, 1.82) is 0 Å². The molecule has 4 rings (SSSR count). The van der Waals surface area contributed by atoms with Crippen molar-refractivity contribution in [2.75, 3.05) is 25.9 Å². The first kappa shape index (κ1) is 15.4. The highest BCUT2D eigenvalue weighted by Crippen LogP contribution is 2.37. The minimum absolute atomic E-state index is 0.775. The van der Waals surface area contributed by atoms with Gasteiger partial charge in [-0.15, -0.1) is 11.8 Å². The van der Waals surface area contributed by atoms with E-state index in [2.05, 4.69) is 47.7 Å². The van der Waals surface area contributed by atoms with Gasteiger partial charge in [-0.25, -0.2) is 0 Å². The maximum atomic E-state index is 3.68. The molecule has 3 aliphatic heterocycles. The van der Waals surface area contributed by atoms with E-state index in [0.29, 0.717) is 0 Å². The van der Waals surface area contributed by atoms with Gasteiger partial charge in [0, 0.05) is 30.6 Å². The fraction of sp³-hybridized carbons (Fsp3) is 0.667. The molecule has 0 amide bonds. The summed E-state index contributed by atoms with van der Waals surface area (Å²) in [6.07, 6.45) is 6.34. The second-order valence-corrected chi connectivity index (χ2v) is 7.46. The second-order valence-electron chi connectivity index (χ2n) is 6.58. The molecule has 4 atom stereocenters. The Balaban J connectivity index is 1.45. The fourth-order valence-electron chi connectivity index (χ4n) is 4.05. The van der Waals surface area contributed by atoms with Crippen LogP contribution in [0, 0.1) is 11.8 Å². The highest BCUT2D eigenvalue weighted by Gasteiger charge is 2.38. The maximum Gasteiger partial charge on any atom is 0.0223 e. The number of nitrogens with zero attached hydrogens (tertiary/aromatic N) is 1. The van der Waals surface area contributed by atoms with Crippen molar-refractivity contribution >= 4 is 11.8 Å². The first-order valence-corrected chi connectivity index (χ1v) is 9.60. The SMILES string of the molecule is CC[C@H]1CN2CC[C@H]1C[C@@H]2CNCc1ccc(SC)cc1. The molecule has 3 heteroatoms. The maximum absolute atomic E-state index is 3.68. The van der Waals surface area contributed by atoms with E-state index in [0.717, 1.165) is 31.0 Å². The van der Waals surface area contributed by atoms with Gasteiger partial charge in [-0.1, -0.05) is 25.5 Å². The van der Waals surface area contributed by atoms with Crippen molar-refractivity contribution in [2.24, 2.45) is 11.8 Å². The number of rotatable bonds is 6. The Labute approximate surface area is 133 Å². The van der Waals surface area contributed by atoms with Gasteiger partial charge in [0.25, 0.3) is 0 Å². The third kappa shape index (κ3) is 3.64. The largest absolute Gasteiger partial charge is 0.311 e. The molecule has 116 valence electrons. The molecule has 3 saturated heterocycles. The van der Waals surface area contributed by atoms with E-state index in [9.17, 15) is 0 Å². The van der Waals surface area contributed by atoms with Crippen LogP contribution in [0.5, 0.6) is 0 Å². The van der Waals surface area contributed by atoms with E-state index < -0.39 is 0 Å². The summed E-state index contributed by atoms with van der Waals surface area (Å²) in [4.78, 5) is 4.08. The Bertz CT molecular complexity index is 445. The van der Waals surface area contributed by atoms with E-state index in [1.807, 2.05) is 11.8 Å². The summed E-state index contributed by atoms with van der Waals surface area (Å²) in [5, 5.41) is 3.68. The van der Waals surface area contributed by atoms with E-state index in [1.54, 1.807) is 0 Å². The predicted octanol–water partition coefficient (Wildman–Crippen LogP) is 3.62. The first-order chi connectivity index (χ1) is 10.3. The Kier molecular flexibility index (Phi) is 5.25. The molecule has 1 aromatic carbocycles. The van der Waals surface area contributed by atoms with Crippen molar-refractivity contribution in [3.05, 3.63) is 29.8 Å². The Morgan fingerprint density at radius 3 is 2.71 bits per heavy atom. The molecule has 0 radical (unpaired) electrons. The van der Waals surface area contributed by atoms with Crippen LogP contribution < -0.4 is 5.32 Å². The van der Waals surface area contributed by atoms with Crippen LogP contribution in [-0.2, 0) is 6.54 Å². The molecule has 0 aliphatic carbocycles. The van der Waals surface area contributed by atoms with Crippen molar-refractivity contribution in [2.45, 2.75) is 43.7 Å². The molecule has 3 fully saturated rings. The lowest BCUT2D eigenvalue weighted by Crippen LogP contribution is -2.56. The lowest BCUT2D eigenvalue weighted by Gasteiger charge is -2.50. The van der Waals surface area contributed by atoms with Crippen molar-refractivity contribution in [3.8, 4) is 0 Å². The van der Waals surface area contributed by atoms with E-state index in [-0.39, 0.29) is 0 Å². The van der Waals surface area contributed by atoms with Gasteiger partial charge in [0.2, 0.25) is 0 Å². The minimum atomic E-state index is 0.775. The van der Waals surface area contributed by atoms with E-state index >= 15 is 0 Å². The monoisotopic (exact) mass is 304 g/mol. The molecule has 0 aromatic heterocycles. The third-order valence-electron chi connectivity index (χ3n) is 5.41. The zero-order valence-electron chi connectivity index (χ0n) is 13.3. The van der Waals surface area contributed by atoms with Crippen LogP contribution in [0.25, 0.3) is 0 Å². The van der Waals surface area contributed by atoms with Crippen LogP contribution >= 0.6 is 11.8 Å². The Hall–Kier alpha value is -0.510. The van der Waals surface area contributed by atoms with Crippen LogP contribution in [0.3, 0.4) is 0 Å². The molecule has 3 aliphatic rings. The smallest absolute Gasteiger partial charge is 0.0223 e. The Morgan fingerprint density at radius 1 is 1.29 bits per heavy atom. The third-order valence-corrected chi connectivity index (χ3v) is 6.15. The summed E-state index contributed by atoms with van der Waals surface area (Å²) in [7, 11) is 0. The molecule has 1 aromatic rings. The molecule has 1 N–H and O–H groups in total. The molecule has 3 heterocycles. The molecule has 1 unspecified atom stereocenters. The molecular weight excluding hydrogens is 276 g/mol. The number of hydrogen-bond donors (Lipinski definition) is 1. The van der Waals surface area contributed by atoms with Gasteiger partial charge < -0.3 is 5.32 Å².